The lowest BCUT2D eigenvalue weighted by Gasteiger charge is -2.39. The van der Waals surface area contributed by atoms with Crippen LogP contribution in [-0.2, 0) is 22.3 Å². The summed E-state index contributed by atoms with van der Waals surface area (Å²) in [6.45, 7) is 11.6. The van der Waals surface area contributed by atoms with Gasteiger partial charge < -0.3 is 14.4 Å². The molecule has 1 fully saturated rings. The Morgan fingerprint density at radius 2 is 1.60 bits per heavy atom. The molecule has 2 aromatic rings. The number of carbonyl (C=O) groups excluding carboxylic acids is 1. The molecule has 0 radical (unpaired) electrons. The van der Waals surface area contributed by atoms with Crippen LogP contribution in [0.1, 0.15) is 77.0 Å². The Morgan fingerprint density at radius 3 is 2.12 bits per heavy atom. The van der Waals surface area contributed by atoms with Crippen molar-refractivity contribution >= 4 is 6.09 Å². The zero-order chi connectivity index (χ0) is 30.5. The third kappa shape index (κ3) is 12.2. The molecule has 0 unspecified atom stereocenters. The molecule has 0 spiro atoms. The molecule has 1 aliphatic rings. The van der Waals surface area contributed by atoms with Gasteiger partial charge >= 0.3 is 12.3 Å². The van der Waals surface area contributed by atoms with E-state index in [2.05, 4.69) is 0 Å². The molecule has 0 aromatic heterocycles. The van der Waals surface area contributed by atoms with Gasteiger partial charge in [0.25, 0.3) is 0 Å². The molecule has 10 heteroatoms. The van der Waals surface area contributed by atoms with E-state index in [0.717, 1.165) is 17.7 Å². The van der Waals surface area contributed by atoms with Gasteiger partial charge in [-0.15, -0.1) is 0 Å². The SMILES string of the molecule is CC.CC(C)(C)OC(=O)N1CC[C@@H](c2ccc(F)cc2)[C@H](COCc2cc(F)cc(C(F)(F)F)c2)C1.CCCF. The van der Waals surface area contributed by atoms with Gasteiger partial charge in [-0.1, -0.05) is 32.9 Å². The third-order valence-electron chi connectivity index (χ3n) is 5.76. The summed E-state index contributed by atoms with van der Waals surface area (Å²) in [7, 11) is 0. The minimum Gasteiger partial charge on any atom is -0.444 e. The molecular formula is C30H41F6NO3. The van der Waals surface area contributed by atoms with E-state index >= 15 is 0 Å². The molecule has 0 N–H and O–H groups in total. The van der Waals surface area contributed by atoms with E-state index in [-0.39, 0.29) is 43.1 Å². The minimum absolute atomic E-state index is 0.0578. The number of nitrogens with zero attached hydrogens (tertiary/aromatic N) is 1. The lowest BCUT2D eigenvalue weighted by atomic mass is 9.81. The monoisotopic (exact) mass is 577 g/mol. The van der Waals surface area contributed by atoms with Crippen LogP contribution in [0.4, 0.5) is 31.1 Å². The number of carbonyl (C=O) groups is 1. The Kier molecular flexibility index (Phi) is 14.6. The highest BCUT2D eigenvalue weighted by atomic mass is 19.4. The molecule has 1 aliphatic heterocycles. The Bertz CT molecular complexity index is 1020. The summed E-state index contributed by atoms with van der Waals surface area (Å²) >= 11 is 0. The van der Waals surface area contributed by atoms with Crippen LogP contribution in [0.15, 0.2) is 42.5 Å². The molecule has 1 heterocycles. The van der Waals surface area contributed by atoms with E-state index in [0.29, 0.717) is 32.0 Å². The molecule has 0 aliphatic carbocycles. The lowest BCUT2D eigenvalue weighted by Crippen LogP contribution is -2.46. The number of amides is 1. The number of halogens is 6. The molecule has 226 valence electrons. The van der Waals surface area contributed by atoms with Crippen LogP contribution in [0.3, 0.4) is 0 Å². The molecule has 0 bridgehead atoms. The molecule has 1 saturated heterocycles. The van der Waals surface area contributed by atoms with Gasteiger partial charge in [0.05, 0.1) is 25.5 Å². The van der Waals surface area contributed by atoms with E-state index in [4.69, 9.17) is 9.47 Å². The Hall–Kier alpha value is -2.75. The fourth-order valence-corrected chi connectivity index (χ4v) is 4.07. The first-order valence-corrected chi connectivity index (χ1v) is 13.5. The predicted molar refractivity (Wildman–Crippen MR) is 144 cm³/mol. The van der Waals surface area contributed by atoms with E-state index in [9.17, 15) is 31.1 Å². The fraction of sp³-hybridized carbons (Fsp3) is 0.567. The predicted octanol–water partition coefficient (Wildman–Crippen LogP) is 8.93. The Morgan fingerprint density at radius 1 is 1.00 bits per heavy atom. The van der Waals surface area contributed by atoms with E-state index in [1.54, 1.807) is 44.7 Å². The molecule has 40 heavy (non-hydrogen) atoms. The van der Waals surface area contributed by atoms with Crippen molar-refractivity contribution in [3.8, 4) is 0 Å². The maximum absolute atomic E-state index is 13.7. The van der Waals surface area contributed by atoms with Crippen molar-refractivity contribution in [2.24, 2.45) is 5.92 Å². The Labute approximate surface area is 233 Å². The number of benzene rings is 2. The summed E-state index contributed by atoms with van der Waals surface area (Å²) in [5.74, 6) is -1.64. The summed E-state index contributed by atoms with van der Waals surface area (Å²) < 4.78 is 87.9. The van der Waals surface area contributed by atoms with Gasteiger partial charge in [0, 0.05) is 19.0 Å². The van der Waals surface area contributed by atoms with Crippen LogP contribution in [0.2, 0.25) is 0 Å². The summed E-state index contributed by atoms with van der Waals surface area (Å²) in [5.41, 5.74) is -0.803. The maximum atomic E-state index is 13.7. The van der Waals surface area contributed by atoms with Gasteiger partial charge in [0.2, 0.25) is 0 Å². The highest BCUT2D eigenvalue weighted by Crippen LogP contribution is 2.35. The molecular weight excluding hydrogens is 536 g/mol. The van der Waals surface area contributed by atoms with Gasteiger partial charge in [0.1, 0.15) is 17.2 Å². The summed E-state index contributed by atoms with van der Waals surface area (Å²) in [4.78, 5) is 14.1. The largest absolute Gasteiger partial charge is 0.444 e. The zero-order valence-corrected chi connectivity index (χ0v) is 24.1. The fourth-order valence-electron chi connectivity index (χ4n) is 4.07. The van der Waals surface area contributed by atoms with E-state index in [1.165, 1.54) is 12.1 Å². The number of piperidine rings is 1. The van der Waals surface area contributed by atoms with Gasteiger partial charge in [-0.3, -0.25) is 4.39 Å². The van der Waals surface area contributed by atoms with Crippen LogP contribution in [0, 0.1) is 17.6 Å². The molecule has 2 aromatic carbocycles. The number of hydrogen-bond donors (Lipinski definition) is 0. The van der Waals surface area contributed by atoms with Gasteiger partial charge in [-0.25, -0.2) is 13.6 Å². The minimum atomic E-state index is -4.66. The van der Waals surface area contributed by atoms with E-state index in [1.807, 2.05) is 13.8 Å². The number of alkyl halides is 4. The van der Waals surface area contributed by atoms with Crippen molar-refractivity contribution in [2.45, 2.75) is 78.7 Å². The third-order valence-corrected chi connectivity index (χ3v) is 5.76. The Balaban J connectivity index is 0.00000122. The van der Waals surface area contributed by atoms with Crippen molar-refractivity contribution in [1.29, 1.82) is 0 Å². The number of rotatable bonds is 6. The molecule has 2 atom stereocenters. The van der Waals surface area contributed by atoms with Crippen molar-refractivity contribution in [3.63, 3.8) is 0 Å². The summed E-state index contributed by atoms with van der Waals surface area (Å²) in [6, 6.07) is 8.37. The lowest BCUT2D eigenvalue weighted by molar-refractivity contribution is -0.137. The smallest absolute Gasteiger partial charge is 0.416 e. The average Bonchev–Trinajstić information content (AvgIpc) is 2.89. The standard InChI is InChI=1S/C25H28F5NO3.C3H7F.C2H6/c1-24(2,3)34-23(32)31-9-8-22(17-4-6-20(26)7-5-17)18(13-31)15-33-14-16-10-19(25(28,29)30)12-21(27)11-16;1-2-3-4;1-2/h4-7,10-12,18,22H,8-9,13-15H2,1-3H3;2-3H2,1H3;1-2H3/t18-,22-;;/m0../s1. The van der Waals surface area contributed by atoms with Crippen LogP contribution < -0.4 is 0 Å². The van der Waals surface area contributed by atoms with Gasteiger partial charge in [0.15, 0.2) is 0 Å². The van der Waals surface area contributed by atoms with Crippen LogP contribution in [-0.4, -0.2) is 43.0 Å². The normalized spacial score (nSPS) is 17.2. The van der Waals surface area contributed by atoms with Gasteiger partial charge in [-0.2, -0.15) is 13.2 Å². The van der Waals surface area contributed by atoms with Crippen molar-refractivity contribution in [2.75, 3.05) is 26.4 Å². The van der Waals surface area contributed by atoms with Gasteiger partial charge in [-0.05, 0) is 81.0 Å². The summed E-state index contributed by atoms with van der Waals surface area (Å²) in [5, 5.41) is 0. The van der Waals surface area contributed by atoms with Crippen molar-refractivity contribution < 1.29 is 40.6 Å². The van der Waals surface area contributed by atoms with Crippen LogP contribution >= 0.6 is 0 Å². The molecule has 4 nitrogen and oxygen atoms in total. The second-order valence-electron chi connectivity index (χ2n) is 10.2. The first-order chi connectivity index (χ1) is 18.7. The topological polar surface area (TPSA) is 38.8 Å². The average molecular weight is 578 g/mol. The molecule has 1 amide bonds. The molecule has 3 rings (SSSR count). The first kappa shape index (κ1) is 35.3. The van der Waals surface area contributed by atoms with Crippen LogP contribution in [0.25, 0.3) is 0 Å². The highest BCUT2D eigenvalue weighted by Gasteiger charge is 2.35. The number of ether oxygens (including phenoxy) is 2. The number of likely N-dealkylation sites (tertiary alicyclic amines) is 1. The van der Waals surface area contributed by atoms with Crippen molar-refractivity contribution in [3.05, 3.63) is 70.8 Å². The zero-order valence-electron chi connectivity index (χ0n) is 24.1. The highest BCUT2D eigenvalue weighted by molar-refractivity contribution is 5.68. The maximum Gasteiger partial charge on any atom is 0.416 e. The number of hydrogen-bond acceptors (Lipinski definition) is 3. The van der Waals surface area contributed by atoms with E-state index < -0.39 is 29.3 Å². The summed E-state index contributed by atoms with van der Waals surface area (Å²) in [6.07, 6.45) is -3.89. The second-order valence-corrected chi connectivity index (χ2v) is 10.2. The first-order valence-electron chi connectivity index (χ1n) is 13.5. The van der Waals surface area contributed by atoms with Crippen LogP contribution in [0.5, 0.6) is 0 Å². The second kappa shape index (κ2) is 16.5. The quantitative estimate of drug-likeness (QED) is 0.322. The molecule has 0 saturated carbocycles. The van der Waals surface area contributed by atoms with Crippen molar-refractivity contribution in [1.82, 2.24) is 4.90 Å².